The highest BCUT2D eigenvalue weighted by atomic mass is 35.5. The Kier molecular flexibility index (Phi) is 9.53. The molecular weight excluding hydrogens is 589 g/mol. The Labute approximate surface area is 250 Å². The van der Waals surface area contributed by atoms with Crippen molar-refractivity contribution in [3.8, 4) is 0 Å². The van der Waals surface area contributed by atoms with Crippen LogP contribution in [0.5, 0.6) is 0 Å². The third kappa shape index (κ3) is 6.72. The first-order valence-electron chi connectivity index (χ1n) is 13.6. The lowest BCUT2D eigenvalue weighted by Gasteiger charge is -2.30. The minimum absolute atomic E-state index is 0.00674. The van der Waals surface area contributed by atoms with Crippen LogP contribution >= 0.6 is 34.5 Å². The van der Waals surface area contributed by atoms with E-state index in [1.165, 1.54) is 28.4 Å². The first-order chi connectivity index (χ1) is 19.8. The summed E-state index contributed by atoms with van der Waals surface area (Å²) < 4.78 is 24.0. The van der Waals surface area contributed by atoms with Crippen LogP contribution in [0.3, 0.4) is 0 Å². The Hall–Kier alpha value is -3.06. The quantitative estimate of drug-likeness (QED) is 0.297. The van der Waals surface area contributed by atoms with E-state index in [1.54, 1.807) is 17.5 Å². The number of hydrogen-bond acceptors (Lipinski definition) is 8. The predicted molar refractivity (Wildman–Crippen MR) is 158 cm³/mol. The van der Waals surface area contributed by atoms with Crippen molar-refractivity contribution in [2.45, 2.75) is 63.1 Å². The lowest BCUT2D eigenvalue weighted by atomic mass is 9.95. The van der Waals surface area contributed by atoms with Crippen LogP contribution in [0.15, 0.2) is 35.7 Å². The van der Waals surface area contributed by atoms with Gasteiger partial charge in [0.05, 0.1) is 16.8 Å². The normalized spacial score (nSPS) is 18.1. The van der Waals surface area contributed by atoms with Gasteiger partial charge >= 0.3 is 0 Å². The van der Waals surface area contributed by atoms with Gasteiger partial charge in [0.15, 0.2) is 11.7 Å². The lowest BCUT2D eigenvalue weighted by Crippen LogP contribution is -2.45. The molecule has 1 aromatic carbocycles. The number of aromatic nitrogens is 1. The summed E-state index contributed by atoms with van der Waals surface area (Å²) in [6.45, 7) is 0.913. The number of carbonyl (C=O) groups excluding carboxylic acids is 3. The maximum absolute atomic E-state index is 14.2. The van der Waals surface area contributed by atoms with Gasteiger partial charge in [-0.25, -0.2) is 4.39 Å². The van der Waals surface area contributed by atoms with E-state index in [9.17, 15) is 18.8 Å². The van der Waals surface area contributed by atoms with Crippen LogP contribution in [0.2, 0.25) is 5.02 Å². The van der Waals surface area contributed by atoms with Gasteiger partial charge in [-0.05, 0) is 66.9 Å². The highest BCUT2D eigenvalue weighted by Gasteiger charge is 2.37. The van der Waals surface area contributed by atoms with Crippen molar-refractivity contribution >= 4 is 63.6 Å². The van der Waals surface area contributed by atoms with E-state index in [-0.39, 0.29) is 45.7 Å². The van der Waals surface area contributed by atoms with E-state index in [1.807, 2.05) is 0 Å². The Balaban J connectivity index is 1.49. The van der Waals surface area contributed by atoms with Crippen LogP contribution in [0.4, 0.5) is 15.8 Å². The number of thiophene rings is 1. The molecule has 5 rings (SSSR count). The van der Waals surface area contributed by atoms with Gasteiger partial charge in [0, 0.05) is 29.8 Å². The molecule has 2 aromatic heterocycles. The molecule has 0 spiro atoms. The van der Waals surface area contributed by atoms with Gasteiger partial charge in [0.2, 0.25) is 5.91 Å². The second kappa shape index (κ2) is 13.3. The standard InChI is InChI=1S/C28H31ClFN5O4S2/c29-19-14-17(10-11-20(19)30)35(24(21-9-5-13-40-21)27(37)32-15-18-8-4-12-39-18)28(38)25-22(31)23(34-41-25)26(36)33-16-6-2-1-3-7-16/h5,9-11,13-14,16,18,24H,1-4,6-8,12,15,31H2,(H,32,37)(H,33,36)/t18-,24-/m0/s1. The number of benzene rings is 1. The maximum Gasteiger partial charge on any atom is 0.273 e. The van der Waals surface area contributed by atoms with E-state index >= 15 is 0 Å². The summed E-state index contributed by atoms with van der Waals surface area (Å²) in [5.41, 5.74) is 6.44. The molecule has 0 bridgehead atoms. The molecule has 3 aromatic rings. The van der Waals surface area contributed by atoms with Crippen molar-refractivity contribution in [1.29, 1.82) is 0 Å². The van der Waals surface area contributed by atoms with Gasteiger partial charge in [-0.15, -0.1) is 11.3 Å². The number of anilines is 2. The molecule has 0 unspecified atom stereocenters. The van der Waals surface area contributed by atoms with Crippen molar-refractivity contribution in [2.24, 2.45) is 0 Å². The van der Waals surface area contributed by atoms with Crippen molar-refractivity contribution in [3.63, 3.8) is 0 Å². The zero-order valence-corrected chi connectivity index (χ0v) is 24.6. The van der Waals surface area contributed by atoms with Gasteiger partial charge in [0.25, 0.3) is 11.8 Å². The van der Waals surface area contributed by atoms with E-state index in [0.29, 0.717) is 11.5 Å². The number of ether oxygens (including phenoxy) is 1. The fraction of sp³-hybridized carbons (Fsp3) is 0.429. The van der Waals surface area contributed by atoms with E-state index < -0.39 is 29.6 Å². The lowest BCUT2D eigenvalue weighted by molar-refractivity contribution is -0.122. The molecule has 13 heteroatoms. The summed E-state index contributed by atoms with van der Waals surface area (Å²) in [4.78, 5) is 42.8. The van der Waals surface area contributed by atoms with Gasteiger partial charge < -0.3 is 21.1 Å². The van der Waals surface area contributed by atoms with Gasteiger partial charge in [-0.1, -0.05) is 36.9 Å². The first-order valence-corrected chi connectivity index (χ1v) is 15.6. The predicted octanol–water partition coefficient (Wildman–Crippen LogP) is 5.33. The number of amides is 3. The van der Waals surface area contributed by atoms with Crippen molar-refractivity contribution < 1.29 is 23.5 Å². The Morgan fingerprint density at radius 2 is 1.98 bits per heavy atom. The smallest absolute Gasteiger partial charge is 0.273 e. The molecule has 3 amide bonds. The minimum atomic E-state index is -1.13. The third-order valence-corrected chi connectivity index (χ3v) is 9.39. The summed E-state index contributed by atoms with van der Waals surface area (Å²) in [6.07, 6.45) is 6.59. The number of carbonyl (C=O) groups is 3. The van der Waals surface area contributed by atoms with E-state index in [4.69, 9.17) is 22.1 Å². The third-order valence-electron chi connectivity index (χ3n) is 7.33. The minimum Gasteiger partial charge on any atom is -0.395 e. The molecular formula is C28H31ClFN5O4S2. The first kappa shape index (κ1) is 29.4. The average molecular weight is 620 g/mol. The number of nitrogens with one attached hydrogen (secondary N) is 2. The maximum atomic E-state index is 14.2. The molecule has 0 radical (unpaired) electrons. The van der Waals surface area contributed by atoms with Gasteiger partial charge in [-0.3, -0.25) is 19.3 Å². The zero-order valence-electron chi connectivity index (χ0n) is 22.2. The number of nitrogens with zero attached hydrogens (tertiary/aromatic N) is 2. The summed E-state index contributed by atoms with van der Waals surface area (Å²) in [6, 6.07) is 6.21. The van der Waals surface area contributed by atoms with Crippen molar-refractivity contribution in [1.82, 2.24) is 15.0 Å². The highest BCUT2D eigenvalue weighted by molar-refractivity contribution is 7.10. The summed E-state index contributed by atoms with van der Waals surface area (Å²) in [5.74, 6) is -2.22. The zero-order chi connectivity index (χ0) is 28.9. The van der Waals surface area contributed by atoms with E-state index in [0.717, 1.165) is 62.5 Å². The summed E-state index contributed by atoms with van der Waals surface area (Å²) in [5, 5.41) is 7.47. The number of hydrogen-bond donors (Lipinski definition) is 3. The average Bonchev–Trinajstić information content (AvgIpc) is 3.75. The Morgan fingerprint density at radius 1 is 1.17 bits per heavy atom. The summed E-state index contributed by atoms with van der Waals surface area (Å²) >= 11 is 8.20. The number of halogens is 2. The second-order valence-corrected chi connectivity index (χ2v) is 12.3. The molecule has 1 aliphatic heterocycles. The molecule has 9 nitrogen and oxygen atoms in total. The Morgan fingerprint density at radius 3 is 2.66 bits per heavy atom. The highest BCUT2D eigenvalue weighted by Crippen LogP contribution is 2.36. The Bertz CT molecular complexity index is 1390. The fourth-order valence-corrected chi connectivity index (χ4v) is 6.90. The van der Waals surface area contributed by atoms with E-state index in [2.05, 4.69) is 15.0 Å². The van der Waals surface area contributed by atoms with Crippen LogP contribution in [0.1, 0.15) is 76.0 Å². The SMILES string of the molecule is Nc1c(C(=O)NC2CCCCC2)nsc1C(=O)N(c1ccc(F)c(Cl)c1)[C@H](C(=O)NC[C@@H]1CCCO1)c1cccs1. The molecule has 3 heterocycles. The molecule has 2 fully saturated rings. The van der Waals surface area contributed by atoms with Crippen LogP contribution < -0.4 is 21.3 Å². The topological polar surface area (TPSA) is 127 Å². The van der Waals surface area contributed by atoms with Crippen LogP contribution in [-0.4, -0.2) is 47.4 Å². The molecule has 1 saturated heterocycles. The number of nitrogens with two attached hydrogens (primary N) is 1. The molecule has 41 heavy (non-hydrogen) atoms. The van der Waals surface area contributed by atoms with Crippen LogP contribution in [0.25, 0.3) is 0 Å². The second-order valence-electron chi connectivity index (χ2n) is 10.2. The number of nitrogen functional groups attached to an aromatic ring is 1. The van der Waals surface area contributed by atoms with Crippen LogP contribution in [0, 0.1) is 5.82 Å². The summed E-state index contributed by atoms with van der Waals surface area (Å²) in [7, 11) is 0. The van der Waals surface area contributed by atoms with Crippen molar-refractivity contribution in [2.75, 3.05) is 23.8 Å². The monoisotopic (exact) mass is 619 g/mol. The largest absolute Gasteiger partial charge is 0.395 e. The molecule has 2 aliphatic rings. The van der Waals surface area contributed by atoms with Gasteiger partial charge in [0.1, 0.15) is 10.7 Å². The van der Waals surface area contributed by atoms with Crippen LogP contribution in [-0.2, 0) is 9.53 Å². The molecule has 2 atom stereocenters. The number of rotatable bonds is 9. The molecule has 218 valence electrons. The molecule has 1 aliphatic carbocycles. The van der Waals surface area contributed by atoms with Crippen molar-refractivity contribution in [3.05, 3.63) is 62.0 Å². The van der Waals surface area contributed by atoms with Gasteiger partial charge in [-0.2, -0.15) is 4.37 Å². The molecule has 4 N–H and O–H groups in total. The fourth-order valence-electron chi connectivity index (χ4n) is 5.18. The molecule has 1 saturated carbocycles.